The molecular weight excluding hydrogens is 344 g/mol. The number of ether oxygens (including phenoxy) is 5. The fourth-order valence-corrected chi connectivity index (χ4v) is 3.92. The maximum atomic E-state index is 5.96. The molecule has 0 bridgehead atoms. The van der Waals surface area contributed by atoms with Gasteiger partial charge in [0.2, 0.25) is 0 Å². The topological polar surface area (TPSA) is 46.2 Å². The second-order valence-electron chi connectivity index (χ2n) is 8.01. The molecule has 1 heterocycles. The van der Waals surface area contributed by atoms with E-state index < -0.39 is 5.97 Å². The van der Waals surface area contributed by atoms with Gasteiger partial charge in [-0.05, 0) is 25.7 Å². The fraction of sp³-hybridized carbons (Fsp3) is 1.00. The molecule has 0 aromatic heterocycles. The number of rotatable bonds is 18. The van der Waals surface area contributed by atoms with E-state index in [-0.39, 0.29) is 11.3 Å². The van der Waals surface area contributed by atoms with Gasteiger partial charge in [-0.15, -0.1) is 0 Å². The Hall–Kier alpha value is -0.200. The molecule has 0 amide bonds. The third-order valence-corrected chi connectivity index (χ3v) is 6.08. The van der Waals surface area contributed by atoms with Crippen LogP contribution in [0, 0.1) is 11.3 Å². The van der Waals surface area contributed by atoms with Crippen LogP contribution >= 0.6 is 0 Å². The quantitative estimate of drug-likeness (QED) is 0.239. The van der Waals surface area contributed by atoms with Gasteiger partial charge in [-0.1, -0.05) is 52.4 Å². The molecule has 0 saturated carbocycles. The van der Waals surface area contributed by atoms with Crippen LogP contribution in [-0.4, -0.2) is 53.7 Å². The Labute approximate surface area is 167 Å². The molecule has 5 heteroatoms. The normalized spacial score (nSPS) is 17.7. The number of hydrogen-bond donors (Lipinski definition) is 0. The minimum atomic E-state index is -0.949. The Morgan fingerprint density at radius 1 is 0.852 bits per heavy atom. The third-order valence-electron chi connectivity index (χ3n) is 6.08. The van der Waals surface area contributed by atoms with Crippen LogP contribution in [0.1, 0.15) is 78.1 Å². The van der Waals surface area contributed by atoms with Gasteiger partial charge in [0.25, 0.3) is 5.97 Å². The molecule has 1 atom stereocenters. The first-order valence-electron chi connectivity index (χ1n) is 10.9. The molecule has 162 valence electrons. The summed E-state index contributed by atoms with van der Waals surface area (Å²) in [6.45, 7) is 7.71. The van der Waals surface area contributed by atoms with Crippen LogP contribution in [0.5, 0.6) is 0 Å². The molecule has 1 aliphatic rings. The minimum Gasteiger partial charge on any atom is -0.381 e. The van der Waals surface area contributed by atoms with Crippen molar-refractivity contribution in [2.75, 3.05) is 47.8 Å². The van der Waals surface area contributed by atoms with Gasteiger partial charge in [-0.25, -0.2) is 0 Å². The Kier molecular flexibility index (Phi) is 12.8. The summed E-state index contributed by atoms with van der Waals surface area (Å²) < 4.78 is 28.3. The van der Waals surface area contributed by atoms with Crippen molar-refractivity contribution in [3.63, 3.8) is 0 Å². The van der Waals surface area contributed by atoms with E-state index in [1.165, 1.54) is 38.5 Å². The van der Waals surface area contributed by atoms with Crippen molar-refractivity contribution in [2.45, 2.75) is 84.0 Å². The van der Waals surface area contributed by atoms with Crippen molar-refractivity contribution < 1.29 is 23.7 Å². The molecule has 1 saturated heterocycles. The molecule has 0 aromatic carbocycles. The highest BCUT2D eigenvalue weighted by molar-refractivity contribution is 4.83. The van der Waals surface area contributed by atoms with Crippen molar-refractivity contribution in [3.8, 4) is 0 Å². The molecule has 5 nitrogen and oxygen atoms in total. The van der Waals surface area contributed by atoms with Crippen molar-refractivity contribution in [3.05, 3.63) is 0 Å². The van der Waals surface area contributed by atoms with Crippen molar-refractivity contribution in [1.82, 2.24) is 0 Å². The van der Waals surface area contributed by atoms with Crippen LogP contribution in [0.3, 0.4) is 0 Å². The summed E-state index contributed by atoms with van der Waals surface area (Å²) in [5, 5.41) is 0. The number of hydrogen-bond acceptors (Lipinski definition) is 5. The van der Waals surface area contributed by atoms with Gasteiger partial charge >= 0.3 is 0 Å². The predicted molar refractivity (Wildman–Crippen MR) is 109 cm³/mol. The zero-order chi connectivity index (χ0) is 20.0. The average molecular weight is 389 g/mol. The van der Waals surface area contributed by atoms with Gasteiger partial charge in [0.1, 0.15) is 0 Å². The Morgan fingerprint density at radius 2 is 1.44 bits per heavy atom. The fourth-order valence-electron chi connectivity index (χ4n) is 3.92. The molecule has 1 aliphatic heterocycles. The van der Waals surface area contributed by atoms with Crippen LogP contribution < -0.4 is 0 Å². The highest BCUT2D eigenvalue weighted by Crippen LogP contribution is 2.33. The summed E-state index contributed by atoms with van der Waals surface area (Å²) in [5.41, 5.74) is 0.257. The van der Waals surface area contributed by atoms with Crippen LogP contribution in [0.15, 0.2) is 0 Å². The summed E-state index contributed by atoms with van der Waals surface area (Å²) >= 11 is 0. The summed E-state index contributed by atoms with van der Waals surface area (Å²) in [6.07, 6.45) is 11.8. The third kappa shape index (κ3) is 7.98. The maximum Gasteiger partial charge on any atom is 0.285 e. The lowest BCUT2D eigenvalue weighted by molar-refractivity contribution is -0.380. The first-order valence-corrected chi connectivity index (χ1v) is 10.9. The first kappa shape index (κ1) is 24.8. The van der Waals surface area contributed by atoms with Gasteiger partial charge in [0.15, 0.2) is 0 Å². The summed E-state index contributed by atoms with van der Waals surface area (Å²) in [4.78, 5) is 0. The maximum absolute atomic E-state index is 5.96. The van der Waals surface area contributed by atoms with Gasteiger partial charge in [-0.2, -0.15) is 0 Å². The SMILES string of the molecule is CCCCCCCCC(CCCOCC1(CC)COC1)C(OC)(OC)OC. The summed E-state index contributed by atoms with van der Waals surface area (Å²) in [5.74, 6) is -0.741. The monoisotopic (exact) mass is 388 g/mol. The van der Waals surface area contributed by atoms with Gasteiger partial charge in [-0.3, -0.25) is 0 Å². The van der Waals surface area contributed by atoms with E-state index in [4.69, 9.17) is 23.7 Å². The molecule has 1 rings (SSSR count). The highest BCUT2D eigenvalue weighted by atomic mass is 16.9. The second-order valence-corrected chi connectivity index (χ2v) is 8.01. The van der Waals surface area contributed by atoms with Crippen molar-refractivity contribution in [1.29, 1.82) is 0 Å². The smallest absolute Gasteiger partial charge is 0.285 e. The predicted octanol–water partition coefficient (Wildman–Crippen LogP) is 5.17. The molecule has 1 unspecified atom stereocenters. The Balaban J connectivity index is 2.38. The molecule has 0 aliphatic carbocycles. The van der Waals surface area contributed by atoms with Crippen LogP contribution in [0.4, 0.5) is 0 Å². The van der Waals surface area contributed by atoms with Crippen molar-refractivity contribution >= 4 is 0 Å². The summed E-state index contributed by atoms with van der Waals surface area (Å²) in [7, 11) is 5.00. The molecule has 0 aromatic rings. The van der Waals surface area contributed by atoms with E-state index in [1.54, 1.807) is 21.3 Å². The van der Waals surface area contributed by atoms with E-state index in [0.717, 1.165) is 52.1 Å². The molecule has 0 spiro atoms. The van der Waals surface area contributed by atoms with E-state index in [1.807, 2.05) is 0 Å². The molecule has 0 N–H and O–H groups in total. The molecule has 27 heavy (non-hydrogen) atoms. The zero-order valence-corrected chi connectivity index (χ0v) is 18.5. The number of methoxy groups -OCH3 is 3. The summed E-state index contributed by atoms with van der Waals surface area (Å²) in [6, 6.07) is 0. The van der Waals surface area contributed by atoms with E-state index in [2.05, 4.69) is 13.8 Å². The molecule has 1 fully saturated rings. The van der Waals surface area contributed by atoms with E-state index in [0.29, 0.717) is 0 Å². The minimum absolute atomic E-state index is 0.208. The van der Waals surface area contributed by atoms with E-state index >= 15 is 0 Å². The van der Waals surface area contributed by atoms with Crippen LogP contribution in [-0.2, 0) is 23.7 Å². The van der Waals surface area contributed by atoms with Crippen LogP contribution in [0.2, 0.25) is 0 Å². The van der Waals surface area contributed by atoms with E-state index in [9.17, 15) is 0 Å². The van der Waals surface area contributed by atoms with Gasteiger partial charge in [0, 0.05) is 39.3 Å². The lowest BCUT2D eigenvalue weighted by atomic mass is 9.84. The average Bonchev–Trinajstić information content (AvgIpc) is 2.67. The molecule has 0 radical (unpaired) electrons. The largest absolute Gasteiger partial charge is 0.381 e. The lowest BCUT2D eigenvalue weighted by Crippen LogP contribution is -2.46. The highest BCUT2D eigenvalue weighted by Gasteiger charge is 2.39. The van der Waals surface area contributed by atoms with Crippen LogP contribution in [0.25, 0.3) is 0 Å². The molecular formula is C22H44O5. The van der Waals surface area contributed by atoms with Crippen molar-refractivity contribution in [2.24, 2.45) is 11.3 Å². The second kappa shape index (κ2) is 13.9. The standard InChI is InChI=1S/C22H44O5/c1-6-8-9-10-11-12-14-20(22(23-3,24-4)25-5)15-13-16-26-17-21(7-2)18-27-19-21/h20H,6-19H2,1-5H3. The van der Waals surface area contributed by atoms with Gasteiger partial charge < -0.3 is 23.7 Å². The number of unbranched alkanes of at least 4 members (excludes halogenated alkanes) is 5. The zero-order valence-electron chi connectivity index (χ0n) is 18.5. The Bertz CT molecular complexity index is 339. The first-order chi connectivity index (χ1) is 13.1. The Morgan fingerprint density at radius 3 is 1.96 bits per heavy atom. The lowest BCUT2D eigenvalue weighted by Gasteiger charge is -2.40. The van der Waals surface area contributed by atoms with Gasteiger partial charge in [0.05, 0.1) is 19.8 Å².